The Hall–Kier alpha value is -2.83. The molecule has 154 valence electrons. The third kappa shape index (κ3) is 4.44. The molecule has 1 aromatic carbocycles. The molecule has 3 heterocycles. The van der Waals surface area contributed by atoms with E-state index in [2.05, 4.69) is 48.2 Å². The Bertz CT molecular complexity index is 900. The van der Waals surface area contributed by atoms with Gasteiger partial charge in [0.05, 0.1) is 13.7 Å². The molecule has 0 fully saturated rings. The van der Waals surface area contributed by atoms with E-state index in [0.29, 0.717) is 6.54 Å². The summed E-state index contributed by atoms with van der Waals surface area (Å²) in [5.41, 5.74) is 2.59. The van der Waals surface area contributed by atoms with Crippen molar-refractivity contribution in [2.75, 3.05) is 27.2 Å². The van der Waals surface area contributed by atoms with Crippen molar-refractivity contribution in [3.05, 3.63) is 47.6 Å². The van der Waals surface area contributed by atoms with Crippen LogP contribution in [0.1, 0.15) is 42.9 Å². The number of aromatic nitrogens is 3. The summed E-state index contributed by atoms with van der Waals surface area (Å²) in [6.45, 7) is 3.45. The predicted molar refractivity (Wildman–Crippen MR) is 115 cm³/mol. The fourth-order valence-corrected chi connectivity index (χ4v) is 4.11. The van der Waals surface area contributed by atoms with Crippen LogP contribution < -0.4 is 10.1 Å². The van der Waals surface area contributed by atoms with Crippen molar-refractivity contribution in [1.29, 1.82) is 0 Å². The van der Waals surface area contributed by atoms with E-state index in [4.69, 9.17) is 4.74 Å². The highest BCUT2D eigenvalue weighted by atomic mass is 16.5. The largest absolute Gasteiger partial charge is 0.497 e. The maximum atomic E-state index is 5.36. The van der Waals surface area contributed by atoms with Gasteiger partial charge >= 0.3 is 0 Å². The molecule has 2 aliphatic heterocycles. The normalized spacial score (nSPS) is 17.4. The lowest BCUT2D eigenvalue weighted by atomic mass is 9.99. The van der Waals surface area contributed by atoms with E-state index in [1.807, 2.05) is 19.2 Å². The molecular formula is C22H30N6O. The van der Waals surface area contributed by atoms with Gasteiger partial charge in [-0.2, -0.15) is 0 Å². The highest BCUT2D eigenvalue weighted by molar-refractivity contribution is 5.81. The Balaban J connectivity index is 1.38. The second-order valence-electron chi connectivity index (χ2n) is 7.55. The van der Waals surface area contributed by atoms with Gasteiger partial charge in [-0.3, -0.25) is 4.99 Å². The number of guanidine groups is 1. The maximum Gasteiger partial charge on any atom is 0.194 e. The van der Waals surface area contributed by atoms with E-state index in [0.717, 1.165) is 55.8 Å². The van der Waals surface area contributed by atoms with Gasteiger partial charge in [0.2, 0.25) is 0 Å². The summed E-state index contributed by atoms with van der Waals surface area (Å²) >= 11 is 0. The van der Waals surface area contributed by atoms with Crippen LogP contribution in [-0.4, -0.2) is 52.9 Å². The molecule has 0 spiro atoms. The molecule has 2 aliphatic rings. The predicted octanol–water partition coefficient (Wildman–Crippen LogP) is 2.88. The Kier molecular flexibility index (Phi) is 6.12. The maximum absolute atomic E-state index is 5.36. The second-order valence-corrected chi connectivity index (χ2v) is 7.55. The van der Waals surface area contributed by atoms with E-state index in [1.54, 1.807) is 7.11 Å². The number of ether oxygens (including phenoxy) is 1. The highest BCUT2D eigenvalue weighted by Gasteiger charge is 2.19. The number of rotatable bonds is 4. The standard InChI is InChI=1S/C22H30N6O/c1-23-22(24-16-21-26-25-20-9-4-3-5-12-28(20)21)27-13-10-17(11-14-27)18-7-6-8-19(15-18)29-2/h6-8,10,15H,3-5,9,11-14,16H2,1-2H3,(H,23,24). The molecule has 0 saturated heterocycles. The molecule has 0 aliphatic carbocycles. The third-order valence-electron chi connectivity index (χ3n) is 5.75. The summed E-state index contributed by atoms with van der Waals surface area (Å²) in [6.07, 6.45) is 7.99. The molecule has 1 aromatic heterocycles. The number of methoxy groups -OCH3 is 1. The van der Waals surface area contributed by atoms with Crippen molar-refractivity contribution in [2.45, 2.75) is 45.2 Å². The molecule has 0 atom stereocenters. The molecule has 0 unspecified atom stereocenters. The number of nitrogens with one attached hydrogen (secondary N) is 1. The first-order valence-electron chi connectivity index (χ1n) is 10.5. The summed E-state index contributed by atoms with van der Waals surface area (Å²) in [5.74, 6) is 3.94. The molecule has 0 bridgehead atoms. The summed E-state index contributed by atoms with van der Waals surface area (Å²) in [4.78, 5) is 6.77. The molecular weight excluding hydrogens is 364 g/mol. The number of aryl methyl sites for hydroxylation is 1. The second kappa shape index (κ2) is 9.11. The van der Waals surface area contributed by atoms with Crippen molar-refractivity contribution >= 4 is 11.5 Å². The number of aliphatic imine (C=N–C) groups is 1. The van der Waals surface area contributed by atoms with Crippen molar-refractivity contribution in [2.24, 2.45) is 4.99 Å². The van der Waals surface area contributed by atoms with Crippen LogP contribution in [0, 0.1) is 0 Å². The Morgan fingerprint density at radius 2 is 2.10 bits per heavy atom. The fraction of sp³-hybridized carbons (Fsp3) is 0.500. The van der Waals surface area contributed by atoms with Gasteiger partial charge in [-0.15, -0.1) is 10.2 Å². The van der Waals surface area contributed by atoms with Crippen LogP contribution in [0.25, 0.3) is 5.57 Å². The van der Waals surface area contributed by atoms with Gasteiger partial charge < -0.3 is 19.5 Å². The number of hydrogen-bond acceptors (Lipinski definition) is 4. The molecule has 0 amide bonds. The molecule has 0 radical (unpaired) electrons. The number of nitrogens with zero attached hydrogens (tertiary/aromatic N) is 5. The number of fused-ring (bicyclic) bond motifs is 1. The molecule has 29 heavy (non-hydrogen) atoms. The van der Waals surface area contributed by atoms with Crippen LogP contribution in [0.2, 0.25) is 0 Å². The zero-order chi connectivity index (χ0) is 20.1. The van der Waals surface area contributed by atoms with Gasteiger partial charge in [0.1, 0.15) is 11.6 Å². The Morgan fingerprint density at radius 3 is 2.90 bits per heavy atom. The van der Waals surface area contributed by atoms with Gasteiger partial charge in [0.25, 0.3) is 0 Å². The Morgan fingerprint density at radius 1 is 1.17 bits per heavy atom. The zero-order valence-electron chi connectivity index (χ0n) is 17.4. The molecule has 4 rings (SSSR count). The van der Waals surface area contributed by atoms with Crippen LogP contribution in [0.4, 0.5) is 0 Å². The summed E-state index contributed by atoms with van der Waals surface area (Å²) in [6, 6.07) is 8.28. The molecule has 7 heteroatoms. The van der Waals surface area contributed by atoms with Crippen LogP contribution in [0.15, 0.2) is 35.3 Å². The monoisotopic (exact) mass is 394 g/mol. The summed E-state index contributed by atoms with van der Waals surface area (Å²) in [7, 11) is 3.55. The molecule has 0 saturated carbocycles. The van der Waals surface area contributed by atoms with Crippen LogP contribution in [0.5, 0.6) is 5.75 Å². The zero-order valence-corrected chi connectivity index (χ0v) is 17.4. The summed E-state index contributed by atoms with van der Waals surface area (Å²) in [5, 5.41) is 12.3. The van der Waals surface area contributed by atoms with E-state index < -0.39 is 0 Å². The molecule has 1 N–H and O–H groups in total. The average molecular weight is 395 g/mol. The van der Waals surface area contributed by atoms with Crippen LogP contribution in [-0.2, 0) is 19.5 Å². The van der Waals surface area contributed by atoms with Gasteiger partial charge in [0.15, 0.2) is 11.8 Å². The quantitative estimate of drug-likeness (QED) is 0.638. The minimum Gasteiger partial charge on any atom is -0.497 e. The first kappa shape index (κ1) is 19.5. The first-order valence-corrected chi connectivity index (χ1v) is 10.5. The van der Waals surface area contributed by atoms with Crippen LogP contribution >= 0.6 is 0 Å². The minimum atomic E-state index is 0.655. The fourth-order valence-electron chi connectivity index (χ4n) is 4.11. The van der Waals surface area contributed by atoms with E-state index in [-0.39, 0.29) is 0 Å². The molecule has 2 aromatic rings. The van der Waals surface area contributed by atoms with Crippen LogP contribution in [0.3, 0.4) is 0 Å². The molecule has 7 nitrogen and oxygen atoms in total. The van der Waals surface area contributed by atoms with E-state index in [9.17, 15) is 0 Å². The highest BCUT2D eigenvalue weighted by Crippen LogP contribution is 2.25. The van der Waals surface area contributed by atoms with Crippen molar-refractivity contribution < 1.29 is 4.74 Å². The minimum absolute atomic E-state index is 0.655. The van der Waals surface area contributed by atoms with Gasteiger partial charge in [0, 0.05) is 33.1 Å². The van der Waals surface area contributed by atoms with E-state index in [1.165, 1.54) is 30.4 Å². The lowest BCUT2D eigenvalue weighted by Crippen LogP contribution is -2.43. The summed E-state index contributed by atoms with van der Waals surface area (Å²) < 4.78 is 7.64. The first-order chi connectivity index (χ1) is 14.3. The van der Waals surface area contributed by atoms with Gasteiger partial charge in [-0.25, -0.2) is 0 Å². The van der Waals surface area contributed by atoms with Crippen molar-refractivity contribution in [3.8, 4) is 5.75 Å². The van der Waals surface area contributed by atoms with Gasteiger partial charge in [-0.05, 0) is 42.5 Å². The van der Waals surface area contributed by atoms with Crippen molar-refractivity contribution in [1.82, 2.24) is 25.0 Å². The lowest BCUT2D eigenvalue weighted by Gasteiger charge is -2.29. The van der Waals surface area contributed by atoms with E-state index >= 15 is 0 Å². The smallest absolute Gasteiger partial charge is 0.194 e. The van der Waals surface area contributed by atoms with Gasteiger partial charge in [-0.1, -0.05) is 24.6 Å². The SMILES string of the molecule is CN=C(NCc1nnc2n1CCCCC2)N1CC=C(c2cccc(OC)c2)CC1. The topological polar surface area (TPSA) is 67.6 Å². The average Bonchev–Trinajstić information content (AvgIpc) is 3.00. The Labute approximate surface area is 172 Å². The third-order valence-corrected chi connectivity index (χ3v) is 5.75. The number of hydrogen-bond donors (Lipinski definition) is 1. The lowest BCUT2D eigenvalue weighted by molar-refractivity contribution is 0.414. The number of benzene rings is 1. The van der Waals surface area contributed by atoms with Crippen molar-refractivity contribution in [3.63, 3.8) is 0 Å².